The Morgan fingerprint density at radius 1 is 1.58 bits per heavy atom. The second kappa shape index (κ2) is 5.24. The van der Waals surface area contributed by atoms with Crippen molar-refractivity contribution < 1.29 is 23.1 Å². The zero-order valence-corrected chi connectivity index (χ0v) is 7.21. The second-order valence-electron chi connectivity index (χ2n) is 2.18. The van der Waals surface area contributed by atoms with Gasteiger partial charge in [0.05, 0.1) is 0 Å². The van der Waals surface area contributed by atoms with Crippen molar-refractivity contribution in [2.45, 2.75) is 31.9 Å². The van der Waals surface area contributed by atoms with Crippen molar-refractivity contribution in [2.75, 3.05) is 0 Å². The molecule has 0 rings (SSSR count). The molecule has 0 aromatic heterocycles. The van der Waals surface area contributed by atoms with Crippen LogP contribution in [-0.4, -0.2) is 23.2 Å². The zero-order chi connectivity index (χ0) is 9.07. The highest BCUT2D eigenvalue weighted by atomic mass is 35.5. The molecule has 1 atom stereocenters. The monoisotopic (exact) mass is 206 g/mol. The Morgan fingerprint density at radius 2 is 2.00 bits per heavy atom. The maximum absolute atomic E-state index is 12.3. The lowest BCUT2D eigenvalue weighted by molar-refractivity contribution is -0.175. The van der Waals surface area contributed by atoms with Crippen LogP contribution in [0.1, 0.15) is 19.8 Å². The predicted octanol–water partition coefficient (Wildman–Crippen LogP) is 2.27. The third kappa shape index (κ3) is 3.30. The number of hydrogen-bond donors (Lipinski definition) is 1. The lowest BCUT2D eigenvalue weighted by Crippen LogP contribution is -2.38. The van der Waals surface area contributed by atoms with Crippen molar-refractivity contribution in [1.29, 1.82) is 0 Å². The standard InChI is InChI=1S/C6H9F3O2.ClH/c1-2-3-4(7)6(8,9)5(10)11;/h4H,2-3H2,1H3,(H,10,11);1H. The molecule has 0 aliphatic rings. The lowest BCUT2D eigenvalue weighted by Gasteiger charge is -2.14. The fraction of sp³-hybridized carbons (Fsp3) is 0.833. The molecule has 1 unspecified atom stereocenters. The van der Waals surface area contributed by atoms with Crippen LogP contribution in [0.2, 0.25) is 0 Å². The number of hydrogen-bond acceptors (Lipinski definition) is 1. The molecule has 12 heavy (non-hydrogen) atoms. The minimum atomic E-state index is -4.24. The SMILES string of the molecule is CCCC(F)C(F)(F)C(=O)O.Cl. The molecular weight excluding hydrogens is 197 g/mol. The molecular formula is C6H10ClF3O2. The molecule has 0 aromatic carbocycles. The Bertz CT molecular complexity index is 152. The third-order valence-corrected chi connectivity index (χ3v) is 1.22. The van der Waals surface area contributed by atoms with Crippen LogP contribution in [0, 0.1) is 0 Å². The number of aliphatic carboxylic acids is 1. The molecule has 0 radical (unpaired) electrons. The van der Waals surface area contributed by atoms with Crippen molar-refractivity contribution >= 4 is 18.4 Å². The van der Waals surface area contributed by atoms with E-state index in [0.717, 1.165) is 0 Å². The van der Waals surface area contributed by atoms with E-state index in [1.54, 1.807) is 0 Å². The number of carbonyl (C=O) groups is 1. The van der Waals surface area contributed by atoms with E-state index in [4.69, 9.17) is 5.11 Å². The van der Waals surface area contributed by atoms with E-state index in [0.29, 0.717) is 0 Å². The number of rotatable bonds is 4. The van der Waals surface area contributed by atoms with Gasteiger partial charge >= 0.3 is 11.9 Å². The van der Waals surface area contributed by atoms with Crippen LogP contribution in [0.5, 0.6) is 0 Å². The maximum Gasteiger partial charge on any atom is 0.377 e. The predicted molar refractivity (Wildman–Crippen MR) is 39.6 cm³/mol. The van der Waals surface area contributed by atoms with Crippen molar-refractivity contribution in [3.05, 3.63) is 0 Å². The van der Waals surface area contributed by atoms with Gasteiger partial charge in [-0.1, -0.05) is 13.3 Å². The van der Waals surface area contributed by atoms with Gasteiger partial charge in [0.1, 0.15) is 0 Å². The Kier molecular flexibility index (Phi) is 6.16. The van der Waals surface area contributed by atoms with E-state index < -0.39 is 24.5 Å². The molecule has 74 valence electrons. The van der Waals surface area contributed by atoms with Crippen LogP contribution in [-0.2, 0) is 4.79 Å². The molecule has 1 N–H and O–H groups in total. The molecule has 0 aliphatic heterocycles. The van der Waals surface area contributed by atoms with Crippen LogP contribution in [0.4, 0.5) is 13.2 Å². The van der Waals surface area contributed by atoms with Crippen molar-refractivity contribution in [3.63, 3.8) is 0 Å². The number of alkyl halides is 3. The fourth-order valence-electron chi connectivity index (χ4n) is 0.569. The minimum absolute atomic E-state index is 0. The first-order valence-electron chi connectivity index (χ1n) is 3.18. The largest absolute Gasteiger partial charge is 0.477 e. The fourth-order valence-corrected chi connectivity index (χ4v) is 0.569. The Morgan fingerprint density at radius 3 is 2.25 bits per heavy atom. The molecule has 0 heterocycles. The summed E-state index contributed by atoms with van der Waals surface area (Å²) < 4.78 is 36.6. The summed E-state index contributed by atoms with van der Waals surface area (Å²) in [6.45, 7) is 1.50. The van der Waals surface area contributed by atoms with E-state index in [2.05, 4.69) is 0 Å². The molecule has 0 aromatic rings. The minimum Gasteiger partial charge on any atom is -0.477 e. The maximum atomic E-state index is 12.3. The van der Waals surface area contributed by atoms with Gasteiger partial charge < -0.3 is 5.11 Å². The second-order valence-corrected chi connectivity index (χ2v) is 2.18. The number of halogens is 4. The highest BCUT2D eigenvalue weighted by Crippen LogP contribution is 2.24. The molecule has 0 saturated carbocycles. The first-order valence-corrected chi connectivity index (χ1v) is 3.18. The smallest absolute Gasteiger partial charge is 0.377 e. The highest BCUT2D eigenvalue weighted by Gasteiger charge is 2.47. The summed E-state index contributed by atoms with van der Waals surface area (Å²) in [5, 5.41) is 7.85. The van der Waals surface area contributed by atoms with Gasteiger partial charge in [0.2, 0.25) is 0 Å². The summed E-state index contributed by atoms with van der Waals surface area (Å²) in [4.78, 5) is 9.75. The average molecular weight is 207 g/mol. The van der Waals surface area contributed by atoms with E-state index in [9.17, 15) is 18.0 Å². The molecule has 6 heteroatoms. The van der Waals surface area contributed by atoms with E-state index in [1.165, 1.54) is 6.92 Å². The Balaban J connectivity index is 0. The summed E-state index contributed by atoms with van der Waals surface area (Å²) in [7, 11) is 0. The molecule has 2 nitrogen and oxygen atoms in total. The van der Waals surface area contributed by atoms with Crippen molar-refractivity contribution in [3.8, 4) is 0 Å². The number of carboxylic acids is 1. The van der Waals surface area contributed by atoms with Crippen LogP contribution in [0.3, 0.4) is 0 Å². The van der Waals surface area contributed by atoms with Crippen molar-refractivity contribution in [2.24, 2.45) is 0 Å². The molecule has 0 bridgehead atoms. The number of carboxylic acid groups (broad SMARTS) is 1. The summed E-state index contributed by atoms with van der Waals surface area (Å²) in [5.74, 6) is -6.64. The van der Waals surface area contributed by atoms with Gasteiger partial charge in [-0.25, -0.2) is 9.18 Å². The van der Waals surface area contributed by atoms with Crippen LogP contribution in [0.25, 0.3) is 0 Å². The van der Waals surface area contributed by atoms with Gasteiger partial charge in [-0.05, 0) is 6.42 Å². The van der Waals surface area contributed by atoms with Gasteiger partial charge in [-0.2, -0.15) is 8.78 Å². The van der Waals surface area contributed by atoms with Crippen molar-refractivity contribution in [1.82, 2.24) is 0 Å². The van der Waals surface area contributed by atoms with Gasteiger partial charge in [0.15, 0.2) is 6.17 Å². The Labute approximate surface area is 74.2 Å². The van der Waals surface area contributed by atoms with E-state index in [1.807, 2.05) is 0 Å². The zero-order valence-electron chi connectivity index (χ0n) is 6.39. The summed E-state index contributed by atoms with van der Waals surface area (Å²) in [5.41, 5.74) is 0. The van der Waals surface area contributed by atoms with Crippen LogP contribution >= 0.6 is 12.4 Å². The van der Waals surface area contributed by atoms with Crippen LogP contribution < -0.4 is 0 Å². The van der Waals surface area contributed by atoms with E-state index in [-0.39, 0.29) is 18.8 Å². The molecule has 0 spiro atoms. The van der Waals surface area contributed by atoms with Crippen LogP contribution in [0.15, 0.2) is 0 Å². The quantitative estimate of drug-likeness (QED) is 0.766. The first-order chi connectivity index (χ1) is 4.92. The van der Waals surface area contributed by atoms with Gasteiger partial charge in [-0.15, -0.1) is 12.4 Å². The lowest BCUT2D eigenvalue weighted by atomic mass is 10.1. The Hall–Kier alpha value is -0.450. The topological polar surface area (TPSA) is 37.3 Å². The summed E-state index contributed by atoms with van der Waals surface area (Å²) in [6.07, 6.45) is -2.81. The average Bonchev–Trinajstić information content (AvgIpc) is 1.88. The highest BCUT2D eigenvalue weighted by molar-refractivity contribution is 5.85. The molecule has 0 amide bonds. The van der Waals surface area contributed by atoms with Gasteiger partial charge in [0.25, 0.3) is 0 Å². The third-order valence-electron chi connectivity index (χ3n) is 1.22. The molecule has 0 aliphatic carbocycles. The van der Waals surface area contributed by atoms with Gasteiger partial charge in [-0.3, -0.25) is 0 Å². The van der Waals surface area contributed by atoms with Gasteiger partial charge in [0, 0.05) is 0 Å². The first kappa shape index (κ1) is 14.1. The summed E-state index contributed by atoms with van der Waals surface area (Å²) >= 11 is 0. The summed E-state index contributed by atoms with van der Waals surface area (Å²) in [6, 6.07) is 0. The van der Waals surface area contributed by atoms with E-state index >= 15 is 0 Å². The molecule has 0 saturated heterocycles. The normalized spacial score (nSPS) is 13.3. The molecule has 0 fully saturated rings.